The normalized spacial score (nSPS) is 13.4. The lowest BCUT2D eigenvalue weighted by Crippen LogP contribution is -2.32. The van der Waals surface area contributed by atoms with Gasteiger partial charge in [0.2, 0.25) is 5.91 Å². The lowest BCUT2D eigenvalue weighted by atomic mass is 10.2. The fourth-order valence-electron chi connectivity index (χ4n) is 2.81. The standard InChI is InChI=1S/C20H22FN3O2S/c21-16-6-8-18(9-7-16)27-14-19(25)22-13-15-4-3-5-17(12-15)23-20(26)24-10-1-2-11-24/h3-9,12H,1-2,10-11,13-14H2,(H,22,25)(H,23,26). The van der Waals surface area contributed by atoms with Gasteiger partial charge in [-0.25, -0.2) is 9.18 Å². The van der Waals surface area contributed by atoms with Gasteiger partial charge in [-0.3, -0.25) is 4.79 Å². The van der Waals surface area contributed by atoms with Crippen LogP contribution < -0.4 is 10.6 Å². The summed E-state index contributed by atoms with van der Waals surface area (Å²) in [6.07, 6.45) is 2.10. The molecule has 27 heavy (non-hydrogen) atoms. The molecule has 5 nitrogen and oxygen atoms in total. The lowest BCUT2D eigenvalue weighted by molar-refractivity contribution is -0.118. The van der Waals surface area contributed by atoms with Gasteiger partial charge in [0.1, 0.15) is 5.82 Å². The second-order valence-electron chi connectivity index (χ2n) is 6.34. The van der Waals surface area contributed by atoms with Gasteiger partial charge in [-0.15, -0.1) is 11.8 Å². The van der Waals surface area contributed by atoms with E-state index in [1.165, 1.54) is 23.9 Å². The second-order valence-corrected chi connectivity index (χ2v) is 7.39. The molecule has 0 aliphatic carbocycles. The molecule has 2 aromatic carbocycles. The van der Waals surface area contributed by atoms with Crippen molar-refractivity contribution in [3.63, 3.8) is 0 Å². The zero-order valence-corrected chi connectivity index (χ0v) is 15.7. The van der Waals surface area contributed by atoms with Crippen LogP contribution in [0, 0.1) is 5.82 Å². The van der Waals surface area contributed by atoms with E-state index in [-0.39, 0.29) is 23.5 Å². The number of urea groups is 1. The Morgan fingerprint density at radius 3 is 2.56 bits per heavy atom. The van der Waals surface area contributed by atoms with Crippen LogP contribution in [0.2, 0.25) is 0 Å². The first-order chi connectivity index (χ1) is 13.1. The van der Waals surface area contributed by atoms with Crippen LogP contribution in [0.1, 0.15) is 18.4 Å². The number of nitrogens with one attached hydrogen (secondary N) is 2. The van der Waals surface area contributed by atoms with Gasteiger partial charge in [-0.2, -0.15) is 0 Å². The Kier molecular flexibility index (Phi) is 6.70. The van der Waals surface area contributed by atoms with Crippen molar-refractivity contribution >= 4 is 29.4 Å². The number of hydrogen-bond acceptors (Lipinski definition) is 3. The Hall–Kier alpha value is -2.54. The predicted molar refractivity (Wildman–Crippen MR) is 105 cm³/mol. The largest absolute Gasteiger partial charge is 0.351 e. The highest BCUT2D eigenvalue weighted by atomic mass is 32.2. The Balaban J connectivity index is 1.45. The molecule has 0 unspecified atom stereocenters. The molecule has 3 amide bonds. The van der Waals surface area contributed by atoms with Gasteiger partial charge in [0, 0.05) is 30.2 Å². The van der Waals surface area contributed by atoms with E-state index in [1.54, 1.807) is 17.0 Å². The number of carbonyl (C=O) groups excluding carboxylic acids is 2. The number of rotatable bonds is 6. The highest BCUT2D eigenvalue weighted by molar-refractivity contribution is 8.00. The summed E-state index contributed by atoms with van der Waals surface area (Å²) in [7, 11) is 0. The Labute approximate surface area is 162 Å². The van der Waals surface area contributed by atoms with Crippen LogP contribution >= 0.6 is 11.8 Å². The second kappa shape index (κ2) is 9.41. The topological polar surface area (TPSA) is 61.4 Å². The molecule has 0 saturated carbocycles. The summed E-state index contributed by atoms with van der Waals surface area (Å²) in [5, 5.41) is 5.76. The van der Waals surface area contributed by atoms with Gasteiger partial charge in [-0.05, 0) is 54.8 Å². The van der Waals surface area contributed by atoms with Gasteiger partial charge in [0.05, 0.1) is 5.75 Å². The van der Waals surface area contributed by atoms with E-state index >= 15 is 0 Å². The Morgan fingerprint density at radius 1 is 1.07 bits per heavy atom. The number of hydrogen-bond donors (Lipinski definition) is 2. The van der Waals surface area contributed by atoms with Gasteiger partial charge in [-0.1, -0.05) is 12.1 Å². The van der Waals surface area contributed by atoms with Crippen LogP contribution in [0.15, 0.2) is 53.4 Å². The average Bonchev–Trinajstić information content (AvgIpc) is 3.21. The van der Waals surface area contributed by atoms with E-state index in [9.17, 15) is 14.0 Å². The molecule has 0 spiro atoms. The summed E-state index contributed by atoms with van der Waals surface area (Å²) in [5.74, 6) is -0.131. The van der Waals surface area contributed by atoms with Gasteiger partial charge in [0.15, 0.2) is 0 Å². The molecule has 0 atom stereocenters. The number of amides is 3. The monoisotopic (exact) mass is 387 g/mol. The van der Waals surface area contributed by atoms with E-state index in [1.807, 2.05) is 24.3 Å². The van der Waals surface area contributed by atoms with E-state index in [4.69, 9.17) is 0 Å². The third kappa shape index (κ3) is 5.99. The summed E-state index contributed by atoms with van der Waals surface area (Å²) < 4.78 is 12.9. The summed E-state index contributed by atoms with van der Waals surface area (Å²) >= 11 is 1.36. The first-order valence-electron chi connectivity index (χ1n) is 8.90. The summed E-state index contributed by atoms with van der Waals surface area (Å²) in [5.41, 5.74) is 1.63. The summed E-state index contributed by atoms with van der Waals surface area (Å²) in [6.45, 7) is 1.98. The zero-order valence-electron chi connectivity index (χ0n) is 14.9. The first kappa shape index (κ1) is 19.2. The molecule has 0 aromatic heterocycles. The molecule has 7 heteroatoms. The maximum Gasteiger partial charge on any atom is 0.321 e. The number of thioether (sulfide) groups is 1. The van der Waals surface area contributed by atoms with Gasteiger partial charge in [0.25, 0.3) is 0 Å². The van der Waals surface area contributed by atoms with E-state index in [2.05, 4.69) is 10.6 Å². The number of nitrogens with zero attached hydrogens (tertiary/aromatic N) is 1. The molecule has 1 fully saturated rings. The minimum absolute atomic E-state index is 0.0793. The molecule has 2 aromatic rings. The first-order valence-corrected chi connectivity index (χ1v) is 9.89. The van der Waals surface area contributed by atoms with E-state index in [0.29, 0.717) is 6.54 Å². The third-order valence-electron chi connectivity index (χ3n) is 4.24. The number of halogens is 1. The van der Waals surface area contributed by atoms with Crippen LogP contribution in [0.5, 0.6) is 0 Å². The van der Waals surface area contributed by atoms with Crippen molar-refractivity contribution < 1.29 is 14.0 Å². The highest BCUT2D eigenvalue weighted by Crippen LogP contribution is 2.18. The van der Waals surface area contributed by atoms with Crippen molar-refractivity contribution in [2.75, 3.05) is 24.2 Å². The molecule has 1 aliphatic rings. The molecule has 1 heterocycles. The van der Waals surface area contributed by atoms with Crippen LogP contribution in [0.25, 0.3) is 0 Å². The Bertz CT molecular complexity index is 792. The SMILES string of the molecule is O=C(CSc1ccc(F)cc1)NCc1cccc(NC(=O)N2CCCC2)c1. The van der Waals surface area contributed by atoms with Crippen molar-refractivity contribution in [1.29, 1.82) is 0 Å². The van der Waals surface area contributed by atoms with Gasteiger partial charge < -0.3 is 15.5 Å². The maximum absolute atomic E-state index is 12.9. The number of likely N-dealkylation sites (tertiary alicyclic amines) is 1. The minimum atomic E-state index is -0.291. The van der Waals surface area contributed by atoms with Gasteiger partial charge >= 0.3 is 6.03 Å². The molecule has 0 bridgehead atoms. The molecule has 1 aliphatic heterocycles. The molecular formula is C20H22FN3O2S. The van der Waals surface area contributed by atoms with Crippen LogP contribution in [0.3, 0.4) is 0 Å². The van der Waals surface area contributed by atoms with Crippen LogP contribution in [-0.4, -0.2) is 35.7 Å². The molecule has 142 valence electrons. The molecule has 0 radical (unpaired) electrons. The van der Waals surface area contributed by atoms with Crippen molar-refractivity contribution in [3.05, 3.63) is 59.9 Å². The minimum Gasteiger partial charge on any atom is -0.351 e. The fourth-order valence-corrected chi connectivity index (χ4v) is 3.54. The molecular weight excluding hydrogens is 365 g/mol. The third-order valence-corrected chi connectivity index (χ3v) is 5.26. The van der Waals surface area contributed by atoms with Crippen molar-refractivity contribution in [3.8, 4) is 0 Å². The lowest BCUT2D eigenvalue weighted by Gasteiger charge is -2.16. The predicted octanol–water partition coefficient (Wildman–Crippen LogP) is 3.86. The maximum atomic E-state index is 12.9. The molecule has 2 N–H and O–H groups in total. The number of carbonyl (C=O) groups is 2. The van der Waals surface area contributed by atoms with Crippen LogP contribution in [-0.2, 0) is 11.3 Å². The fraction of sp³-hybridized carbons (Fsp3) is 0.300. The van der Waals surface area contributed by atoms with Crippen molar-refractivity contribution in [2.24, 2.45) is 0 Å². The molecule has 1 saturated heterocycles. The molecule has 3 rings (SSSR count). The quantitative estimate of drug-likeness (QED) is 0.740. The van der Waals surface area contributed by atoms with E-state index in [0.717, 1.165) is 42.1 Å². The number of benzene rings is 2. The van der Waals surface area contributed by atoms with Crippen molar-refractivity contribution in [2.45, 2.75) is 24.3 Å². The Morgan fingerprint density at radius 2 is 1.81 bits per heavy atom. The average molecular weight is 387 g/mol. The summed E-state index contributed by atoms with van der Waals surface area (Å²) in [6, 6.07) is 13.4. The van der Waals surface area contributed by atoms with Crippen LogP contribution in [0.4, 0.5) is 14.9 Å². The number of anilines is 1. The van der Waals surface area contributed by atoms with E-state index < -0.39 is 0 Å². The zero-order chi connectivity index (χ0) is 19.1. The summed E-state index contributed by atoms with van der Waals surface area (Å²) in [4.78, 5) is 26.8. The highest BCUT2D eigenvalue weighted by Gasteiger charge is 2.17. The smallest absolute Gasteiger partial charge is 0.321 e. The van der Waals surface area contributed by atoms with Crippen molar-refractivity contribution in [1.82, 2.24) is 10.2 Å².